The predicted molar refractivity (Wildman–Crippen MR) is 93.9 cm³/mol. The van der Waals surface area contributed by atoms with Gasteiger partial charge in [0.1, 0.15) is 17.8 Å². The number of halogens is 3. The van der Waals surface area contributed by atoms with Crippen molar-refractivity contribution >= 4 is 11.4 Å². The minimum Gasteiger partial charge on any atom is -0.397 e. The van der Waals surface area contributed by atoms with Crippen molar-refractivity contribution in [2.45, 2.75) is 19.0 Å². The highest BCUT2D eigenvalue weighted by atomic mass is 19.1. The Balaban J connectivity index is 1.69. The van der Waals surface area contributed by atoms with Gasteiger partial charge in [-0.25, -0.2) is 13.2 Å². The molecule has 2 N–H and O–H groups in total. The van der Waals surface area contributed by atoms with Crippen LogP contribution in [-0.4, -0.2) is 13.1 Å². The number of hydrogen-bond donors (Lipinski definition) is 1. The lowest BCUT2D eigenvalue weighted by molar-refractivity contribution is 0.193. The van der Waals surface area contributed by atoms with E-state index in [0.717, 1.165) is 23.9 Å². The Morgan fingerprint density at radius 2 is 1.84 bits per heavy atom. The summed E-state index contributed by atoms with van der Waals surface area (Å²) in [4.78, 5) is 2.07. The Morgan fingerprint density at radius 3 is 2.48 bits per heavy atom. The predicted octanol–water partition coefficient (Wildman–Crippen LogP) is 4.46. The van der Waals surface area contributed by atoms with E-state index < -0.39 is 17.8 Å². The maximum Gasteiger partial charge on any atom is 0.131 e. The Hall–Kier alpha value is -2.61. The second-order valence-electron chi connectivity index (χ2n) is 6.31. The standard InChI is InChI=1S/C20H19F3N2/c1-2-13-3-6-19(18(24)11-13)25-9-7-14(8-10-25)20(23)16-12-15(21)4-5-17(16)22/h1,3-6,11-12,14,20H,7-10,24H2. The van der Waals surface area contributed by atoms with Crippen molar-refractivity contribution in [3.05, 3.63) is 59.2 Å². The number of piperidine rings is 1. The summed E-state index contributed by atoms with van der Waals surface area (Å²) in [7, 11) is 0. The number of nitrogens with two attached hydrogens (primary N) is 1. The molecule has 5 heteroatoms. The largest absolute Gasteiger partial charge is 0.397 e. The zero-order chi connectivity index (χ0) is 18.0. The van der Waals surface area contributed by atoms with Gasteiger partial charge in [-0.1, -0.05) is 5.92 Å². The van der Waals surface area contributed by atoms with E-state index in [1.807, 2.05) is 12.1 Å². The molecule has 0 radical (unpaired) electrons. The number of terminal acetylenes is 1. The van der Waals surface area contributed by atoms with Crippen LogP contribution in [0, 0.1) is 29.9 Å². The van der Waals surface area contributed by atoms with Crippen LogP contribution in [0.5, 0.6) is 0 Å². The Morgan fingerprint density at radius 1 is 1.12 bits per heavy atom. The summed E-state index contributed by atoms with van der Waals surface area (Å²) in [5, 5.41) is 0. The monoisotopic (exact) mass is 344 g/mol. The van der Waals surface area contributed by atoms with Crippen molar-refractivity contribution in [3.8, 4) is 12.3 Å². The molecule has 0 amide bonds. The second kappa shape index (κ2) is 7.10. The van der Waals surface area contributed by atoms with Crippen LogP contribution in [-0.2, 0) is 0 Å². The lowest BCUT2D eigenvalue weighted by atomic mass is 9.88. The van der Waals surface area contributed by atoms with Gasteiger partial charge in [0.15, 0.2) is 0 Å². The van der Waals surface area contributed by atoms with Gasteiger partial charge in [-0.15, -0.1) is 6.42 Å². The summed E-state index contributed by atoms with van der Waals surface area (Å²) in [6.07, 6.45) is 4.91. The van der Waals surface area contributed by atoms with Crippen LogP contribution >= 0.6 is 0 Å². The number of nitrogen functional groups attached to an aromatic ring is 1. The molecule has 1 saturated heterocycles. The number of anilines is 2. The van der Waals surface area contributed by atoms with Crippen molar-refractivity contribution in [2.75, 3.05) is 23.7 Å². The summed E-state index contributed by atoms with van der Waals surface area (Å²) in [6, 6.07) is 8.34. The normalized spacial score (nSPS) is 16.5. The first-order valence-corrected chi connectivity index (χ1v) is 8.19. The molecular formula is C20H19F3N2. The van der Waals surface area contributed by atoms with Crippen LogP contribution in [0.2, 0.25) is 0 Å². The number of benzene rings is 2. The van der Waals surface area contributed by atoms with E-state index in [1.54, 1.807) is 6.07 Å². The molecule has 1 aliphatic heterocycles. The minimum atomic E-state index is -1.51. The third kappa shape index (κ3) is 3.58. The van der Waals surface area contributed by atoms with E-state index in [4.69, 9.17) is 12.2 Å². The maximum atomic E-state index is 14.7. The first-order chi connectivity index (χ1) is 12.0. The lowest BCUT2D eigenvalue weighted by Crippen LogP contribution is -2.35. The van der Waals surface area contributed by atoms with Gasteiger partial charge >= 0.3 is 0 Å². The van der Waals surface area contributed by atoms with Gasteiger partial charge in [0.2, 0.25) is 0 Å². The lowest BCUT2D eigenvalue weighted by Gasteiger charge is -2.35. The first kappa shape index (κ1) is 17.2. The summed E-state index contributed by atoms with van der Waals surface area (Å²) >= 11 is 0. The van der Waals surface area contributed by atoms with Crippen LogP contribution in [0.3, 0.4) is 0 Å². The quantitative estimate of drug-likeness (QED) is 0.658. The van der Waals surface area contributed by atoms with Crippen molar-refractivity contribution in [2.24, 2.45) is 5.92 Å². The first-order valence-electron chi connectivity index (χ1n) is 8.19. The SMILES string of the molecule is C#Cc1ccc(N2CCC(C(F)c3cc(F)ccc3F)CC2)c(N)c1. The second-order valence-corrected chi connectivity index (χ2v) is 6.31. The van der Waals surface area contributed by atoms with Gasteiger partial charge in [0, 0.05) is 24.2 Å². The molecule has 1 heterocycles. The number of hydrogen-bond acceptors (Lipinski definition) is 2. The zero-order valence-electron chi connectivity index (χ0n) is 13.7. The molecule has 2 aromatic carbocycles. The highest BCUT2D eigenvalue weighted by Gasteiger charge is 2.30. The van der Waals surface area contributed by atoms with Crippen LogP contribution < -0.4 is 10.6 Å². The molecule has 3 rings (SSSR count). The molecule has 130 valence electrons. The Bertz CT molecular complexity index is 805. The smallest absolute Gasteiger partial charge is 0.131 e. The molecule has 1 fully saturated rings. The average molecular weight is 344 g/mol. The van der Waals surface area contributed by atoms with E-state index in [-0.39, 0.29) is 11.5 Å². The van der Waals surface area contributed by atoms with Gasteiger partial charge in [-0.2, -0.15) is 0 Å². The third-order valence-corrected chi connectivity index (χ3v) is 4.74. The molecule has 0 bridgehead atoms. The molecule has 1 aliphatic rings. The molecule has 1 atom stereocenters. The van der Waals surface area contributed by atoms with E-state index in [9.17, 15) is 13.2 Å². The molecule has 0 saturated carbocycles. The van der Waals surface area contributed by atoms with Crippen molar-refractivity contribution in [1.82, 2.24) is 0 Å². The molecule has 1 unspecified atom stereocenters. The van der Waals surface area contributed by atoms with Crippen LogP contribution in [0.25, 0.3) is 0 Å². The van der Waals surface area contributed by atoms with Crippen LogP contribution in [0.4, 0.5) is 24.5 Å². The van der Waals surface area contributed by atoms with Crippen molar-refractivity contribution in [3.63, 3.8) is 0 Å². The van der Waals surface area contributed by atoms with E-state index in [1.165, 1.54) is 0 Å². The summed E-state index contributed by atoms with van der Waals surface area (Å²) in [5.74, 6) is 0.855. The van der Waals surface area contributed by atoms with Crippen molar-refractivity contribution < 1.29 is 13.2 Å². The molecular weight excluding hydrogens is 325 g/mol. The minimum absolute atomic E-state index is 0.198. The topological polar surface area (TPSA) is 29.3 Å². The number of nitrogens with zero attached hydrogens (tertiary/aromatic N) is 1. The van der Waals surface area contributed by atoms with E-state index in [2.05, 4.69) is 10.8 Å². The van der Waals surface area contributed by atoms with Crippen LogP contribution in [0.1, 0.15) is 30.1 Å². The molecule has 0 spiro atoms. The number of alkyl halides is 1. The molecule has 0 aromatic heterocycles. The fraction of sp³-hybridized carbons (Fsp3) is 0.300. The number of rotatable bonds is 3. The summed E-state index contributed by atoms with van der Waals surface area (Å²) in [6.45, 7) is 1.20. The van der Waals surface area contributed by atoms with Crippen molar-refractivity contribution in [1.29, 1.82) is 0 Å². The zero-order valence-corrected chi connectivity index (χ0v) is 13.7. The Kier molecular flexibility index (Phi) is 4.89. The molecule has 2 nitrogen and oxygen atoms in total. The van der Waals surface area contributed by atoms with E-state index >= 15 is 0 Å². The van der Waals surface area contributed by atoms with Gasteiger partial charge in [-0.3, -0.25) is 0 Å². The molecule has 0 aliphatic carbocycles. The summed E-state index contributed by atoms with van der Waals surface area (Å²) < 4.78 is 41.8. The average Bonchev–Trinajstić information content (AvgIpc) is 2.63. The maximum absolute atomic E-state index is 14.7. The van der Waals surface area contributed by atoms with Crippen LogP contribution in [0.15, 0.2) is 36.4 Å². The fourth-order valence-electron chi connectivity index (χ4n) is 3.35. The fourth-order valence-corrected chi connectivity index (χ4v) is 3.35. The highest BCUT2D eigenvalue weighted by Crippen LogP contribution is 2.37. The van der Waals surface area contributed by atoms with Gasteiger partial charge < -0.3 is 10.6 Å². The van der Waals surface area contributed by atoms with Gasteiger partial charge in [-0.05, 0) is 55.2 Å². The summed E-state index contributed by atoms with van der Waals surface area (Å²) in [5.41, 5.74) is 8.01. The Labute approximate surface area is 145 Å². The molecule has 2 aromatic rings. The highest BCUT2D eigenvalue weighted by molar-refractivity contribution is 5.69. The van der Waals surface area contributed by atoms with Gasteiger partial charge in [0.05, 0.1) is 11.4 Å². The molecule has 25 heavy (non-hydrogen) atoms. The third-order valence-electron chi connectivity index (χ3n) is 4.74. The van der Waals surface area contributed by atoms with E-state index in [0.29, 0.717) is 37.2 Å². The van der Waals surface area contributed by atoms with Gasteiger partial charge in [0.25, 0.3) is 0 Å².